The fraction of sp³-hybridized carbons (Fsp3) is 0.778. The fourth-order valence-electron chi connectivity index (χ4n) is 3.77. The first-order valence-electron chi connectivity index (χ1n) is 10.0. The number of aliphatic hydroxyl groups is 1. The number of ether oxygens (including phenoxy) is 1. The number of piperidine rings is 1. The van der Waals surface area contributed by atoms with Crippen LogP contribution in [-0.2, 0) is 16.2 Å². The van der Waals surface area contributed by atoms with E-state index in [1.807, 2.05) is 0 Å². The second-order valence-electron chi connectivity index (χ2n) is 7.85. The Hall–Kier alpha value is -1.66. The Morgan fingerprint density at radius 3 is 2.47 bits per heavy atom. The summed E-state index contributed by atoms with van der Waals surface area (Å²) in [6, 6.07) is -0.170. The molecule has 1 aliphatic heterocycles. The van der Waals surface area contributed by atoms with Gasteiger partial charge in [-0.05, 0) is 32.1 Å². The average Bonchev–Trinajstić information content (AvgIpc) is 2.85. The number of nitrogens with zero attached hydrogens (tertiary/aromatic N) is 3. The second kappa shape index (κ2) is 9.23. The van der Waals surface area contributed by atoms with Gasteiger partial charge in [0.25, 0.3) is 0 Å². The first-order valence-corrected chi connectivity index (χ1v) is 11.9. The maximum atomic E-state index is 13.4. The molecule has 30 heavy (non-hydrogen) atoms. The van der Waals surface area contributed by atoms with E-state index in [9.17, 15) is 26.7 Å². The lowest BCUT2D eigenvalue weighted by Gasteiger charge is -2.30. The molecule has 2 atom stereocenters. The number of alkyl halides is 3. The van der Waals surface area contributed by atoms with E-state index in [2.05, 4.69) is 15.3 Å². The van der Waals surface area contributed by atoms with Crippen molar-refractivity contribution >= 4 is 16.0 Å². The van der Waals surface area contributed by atoms with Gasteiger partial charge < -0.3 is 15.2 Å². The van der Waals surface area contributed by atoms with Crippen LogP contribution in [-0.4, -0.2) is 65.4 Å². The van der Waals surface area contributed by atoms with Crippen molar-refractivity contribution in [2.75, 3.05) is 24.7 Å². The highest BCUT2D eigenvalue weighted by molar-refractivity contribution is 7.88. The lowest BCUT2D eigenvalue weighted by molar-refractivity contribution is -0.140. The second-order valence-corrected chi connectivity index (χ2v) is 9.83. The molecule has 1 aromatic heterocycles. The maximum Gasteiger partial charge on any atom is 0.423 e. The van der Waals surface area contributed by atoms with E-state index in [1.165, 1.54) is 4.31 Å². The minimum atomic E-state index is -4.69. The van der Waals surface area contributed by atoms with E-state index < -0.39 is 39.9 Å². The van der Waals surface area contributed by atoms with Gasteiger partial charge in [0.15, 0.2) is 0 Å². The lowest BCUT2D eigenvalue weighted by Crippen LogP contribution is -2.42. The van der Waals surface area contributed by atoms with Crippen molar-refractivity contribution < 1.29 is 31.4 Å². The molecule has 12 heteroatoms. The van der Waals surface area contributed by atoms with E-state index in [0.29, 0.717) is 45.0 Å². The standard InChI is InChI=1S/C18H27F3N4O4S/c1-30(27,28)25-9-7-12(8-10-25)23-17-22-11-13(18(19,20)21)16(24-17)29-15-6-4-2-3-5-14(15)26/h11-12,14-15,26H,2-10H2,1H3,(H,22,23,24). The van der Waals surface area contributed by atoms with Crippen molar-refractivity contribution in [3.63, 3.8) is 0 Å². The van der Waals surface area contributed by atoms with Crippen LogP contribution in [0.1, 0.15) is 50.5 Å². The van der Waals surface area contributed by atoms with Gasteiger partial charge in [-0.3, -0.25) is 0 Å². The van der Waals surface area contributed by atoms with Crippen molar-refractivity contribution in [3.8, 4) is 5.88 Å². The molecule has 3 rings (SSSR count). The number of sulfonamides is 1. The topological polar surface area (TPSA) is 105 Å². The Balaban J connectivity index is 1.74. The first kappa shape index (κ1) is 23.0. The predicted molar refractivity (Wildman–Crippen MR) is 104 cm³/mol. The van der Waals surface area contributed by atoms with Crippen molar-refractivity contribution in [3.05, 3.63) is 11.8 Å². The van der Waals surface area contributed by atoms with E-state index in [-0.39, 0.29) is 12.0 Å². The number of nitrogens with one attached hydrogen (secondary N) is 1. The van der Waals surface area contributed by atoms with Gasteiger partial charge in [0.1, 0.15) is 11.7 Å². The molecule has 0 aromatic carbocycles. The third-order valence-electron chi connectivity index (χ3n) is 5.50. The summed E-state index contributed by atoms with van der Waals surface area (Å²) < 4.78 is 70.4. The van der Waals surface area contributed by atoms with Crippen LogP contribution < -0.4 is 10.1 Å². The molecule has 170 valence electrons. The Morgan fingerprint density at radius 2 is 1.83 bits per heavy atom. The van der Waals surface area contributed by atoms with E-state index in [1.54, 1.807) is 0 Å². The van der Waals surface area contributed by atoms with Gasteiger partial charge in [0, 0.05) is 25.3 Å². The largest absolute Gasteiger partial charge is 0.471 e. The number of hydrogen-bond acceptors (Lipinski definition) is 7. The molecule has 1 saturated heterocycles. The molecular weight excluding hydrogens is 425 g/mol. The van der Waals surface area contributed by atoms with Crippen LogP contribution in [0.5, 0.6) is 5.88 Å². The highest BCUT2D eigenvalue weighted by Gasteiger charge is 2.38. The van der Waals surface area contributed by atoms with Gasteiger partial charge in [-0.15, -0.1) is 0 Å². The number of rotatable bonds is 5. The number of aliphatic hydroxyl groups excluding tert-OH is 1. The number of aromatic nitrogens is 2. The minimum Gasteiger partial charge on any atom is -0.471 e. The zero-order valence-electron chi connectivity index (χ0n) is 16.7. The average molecular weight is 452 g/mol. The third kappa shape index (κ3) is 5.94. The van der Waals surface area contributed by atoms with Gasteiger partial charge in [-0.25, -0.2) is 17.7 Å². The summed E-state index contributed by atoms with van der Waals surface area (Å²) in [6.07, 6.45) is -0.121. The van der Waals surface area contributed by atoms with Crippen LogP contribution in [0.25, 0.3) is 0 Å². The lowest BCUT2D eigenvalue weighted by atomic mass is 10.1. The summed E-state index contributed by atoms with van der Waals surface area (Å²) in [6.45, 7) is 0.628. The molecule has 0 bridgehead atoms. The Labute approximate surface area is 173 Å². The van der Waals surface area contributed by atoms with Crippen LogP contribution in [0.4, 0.5) is 19.1 Å². The molecule has 2 N–H and O–H groups in total. The molecule has 8 nitrogen and oxygen atoms in total. The molecule has 0 radical (unpaired) electrons. The monoisotopic (exact) mass is 452 g/mol. The third-order valence-corrected chi connectivity index (χ3v) is 6.80. The van der Waals surface area contributed by atoms with Gasteiger partial charge in [0.05, 0.1) is 12.4 Å². The molecule has 1 aromatic rings. The first-order chi connectivity index (χ1) is 14.0. The molecule has 0 spiro atoms. The van der Waals surface area contributed by atoms with Gasteiger partial charge in [-0.1, -0.05) is 12.8 Å². The van der Waals surface area contributed by atoms with E-state index in [0.717, 1.165) is 25.5 Å². The van der Waals surface area contributed by atoms with Crippen molar-refractivity contribution in [1.29, 1.82) is 0 Å². The van der Waals surface area contributed by atoms with Crippen molar-refractivity contribution in [1.82, 2.24) is 14.3 Å². The molecule has 2 fully saturated rings. The molecule has 2 heterocycles. The zero-order valence-corrected chi connectivity index (χ0v) is 17.5. The van der Waals surface area contributed by atoms with Crippen molar-refractivity contribution in [2.45, 2.75) is 69.4 Å². The van der Waals surface area contributed by atoms with E-state index in [4.69, 9.17) is 4.74 Å². The van der Waals surface area contributed by atoms with E-state index >= 15 is 0 Å². The molecule has 2 unspecified atom stereocenters. The minimum absolute atomic E-state index is 0.0149. The van der Waals surface area contributed by atoms with Gasteiger partial charge >= 0.3 is 6.18 Å². The van der Waals surface area contributed by atoms with Crippen LogP contribution >= 0.6 is 0 Å². The number of halogens is 3. The maximum absolute atomic E-state index is 13.4. The Morgan fingerprint density at radius 1 is 1.17 bits per heavy atom. The summed E-state index contributed by atoms with van der Waals surface area (Å²) >= 11 is 0. The molecular formula is C18H27F3N4O4S. The SMILES string of the molecule is CS(=O)(=O)N1CCC(Nc2ncc(C(F)(F)F)c(OC3CCCCCC3O)n2)CC1. The van der Waals surface area contributed by atoms with Crippen LogP contribution in [0, 0.1) is 0 Å². The van der Waals surface area contributed by atoms with Gasteiger partial charge in [-0.2, -0.15) is 18.2 Å². The smallest absolute Gasteiger partial charge is 0.423 e. The summed E-state index contributed by atoms with van der Waals surface area (Å²) in [5.74, 6) is -0.613. The normalized spacial score (nSPS) is 25.0. The molecule has 1 saturated carbocycles. The highest BCUT2D eigenvalue weighted by Crippen LogP contribution is 2.36. The number of anilines is 1. The molecule has 0 amide bonds. The van der Waals surface area contributed by atoms with Crippen LogP contribution in [0.3, 0.4) is 0 Å². The molecule has 1 aliphatic carbocycles. The quantitative estimate of drug-likeness (QED) is 0.661. The predicted octanol–water partition coefficient (Wildman–Crippen LogP) is 2.40. The van der Waals surface area contributed by atoms with Crippen LogP contribution in [0.15, 0.2) is 6.20 Å². The summed E-state index contributed by atoms with van der Waals surface area (Å²) in [4.78, 5) is 7.73. The number of hydrogen-bond donors (Lipinski definition) is 2. The zero-order chi connectivity index (χ0) is 21.9. The Bertz CT molecular complexity index is 829. The fourth-order valence-corrected chi connectivity index (χ4v) is 4.64. The molecule has 2 aliphatic rings. The Kier molecular flexibility index (Phi) is 7.08. The van der Waals surface area contributed by atoms with Crippen LogP contribution in [0.2, 0.25) is 0 Å². The van der Waals surface area contributed by atoms with Crippen molar-refractivity contribution in [2.24, 2.45) is 0 Å². The summed E-state index contributed by atoms with van der Waals surface area (Å²) in [5, 5.41) is 13.2. The summed E-state index contributed by atoms with van der Waals surface area (Å²) in [5.41, 5.74) is -1.09. The van der Waals surface area contributed by atoms with Gasteiger partial charge in [0.2, 0.25) is 21.9 Å². The summed E-state index contributed by atoms with van der Waals surface area (Å²) in [7, 11) is -3.27. The highest BCUT2D eigenvalue weighted by atomic mass is 32.2.